The molecule has 5 heteroatoms. The number of ketones is 1. The molecular weight excluding hydrogens is 308 g/mol. The third-order valence-corrected chi connectivity index (χ3v) is 3.10. The van der Waals surface area contributed by atoms with E-state index in [2.05, 4.69) is 0 Å². The molecule has 0 amide bonds. The minimum Gasteiger partial charge on any atom is -0.508 e. The van der Waals surface area contributed by atoms with Gasteiger partial charge in [-0.25, -0.2) is 0 Å². The number of carbonyl (C=O) groups excluding carboxylic acids is 1. The minimum absolute atomic E-state index is 0.157. The zero-order valence-electron chi connectivity index (χ0n) is 13.2. The Morgan fingerprint density at radius 1 is 1.12 bits per heavy atom. The molecule has 0 saturated carbocycles. The molecule has 0 saturated heterocycles. The number of aliphatic hydroxyl groups is 2. The van der Waals surface area contributed by atoms with E-state index in [1.54, 1.807) is 37.5 Å². The molecule has 5 nitrogen and oxygen atoms in total. The Balaban J connectivity index is 1.95. The van der Waals surface area contributed by atoms with Gasteiger partial charge >= 0.3 is 0 Å². The fourth-order valence-corrected chi connectivity index (χ4v) is 1.87. The number of aliphatic hydroxyl groups excluding tert-OH is 2. The van der Waals surface area contributed by atoms with Gasteiger partial charge in [0.2, 0.25) is 0 Å². The fourth-order valence-electron chi connectivity index (χ4n) is 1.87. The maximum Gasteiger partial charge on any atom is 0.182 e. The van der Waals surface area contributed by atoms with E-state index >= 15 is 0 Å². The van der Waals surface area contributed by atoms with Crippen molar-refractivity contribution in [1.29, 1.82) is 0 Å². The summed E-state index contributed by atoms with van der Waals surface area (Å²) in [5.41, 5.74) is 0.867. The Kier molecular flexibility index (Phi) is 6.16. The summed E-state index contributed by atoms with van der Waals surface area (Å²) in [7, 11) is 1.59. The largest absolute Gasteiger partial charge is 0.508 e. The molecule has 0 aliphatic rings. The number of allylic oxidation sites excluding steroid dienone is 3. The number of rotatable bonds is 7. The standard InChI is InChI=1S/C19H18O5/c1-23-17-7-3-14(4-8-17)2-5-15(21)12-16(22)6-9-18-10-11-19(13-20)24-18/h2-12,20-21H,13H2,1H3/b5-2+,9-6+,15-12-. The number of ether oxygens (including phenoxy) is 1. The molecule has 0 bridgehead atoms. The van der Waals surface area contributed by atoms with Crippen LogP contribution in [0.4, 0.5) is 0 Å². The number of furan rings is 1. The van der Waals surface area contributed by atoms with Gasteiger partial charge in [-0.2, -0.15) is 0 Å². The molecule has 2 N–H and O–H groups in total. The van der Waals surface area contributed by atoms with Crippen LogP contribution in [0.1, 0.15) is 17.1 Å². The van der Waals surface area contributed by atoms with Crippen molar-refractivity contribution in [2.45, 2.75) is 6.61 Å². The van der Waals surface area contributed by atoms with Crippen LogP contribution in [0, 0.1) is 0 Å². The summed E-state index contributed by atoms with van der Waals surface area (Å²) in [6.45, 7) is -0.196. The van der Waals surface area contributed by atoms with Crippen LogP contribution in [0.5, 0.6) is 5.75 Å². The predicted octanol–water partition coefficient (Wildman–Crippen LogP) is 3.52. The Hall–Kier alpha value is -3.05. The lowest BCUT2D eigenvalue weighted by molar-refractivity contribution is -0.110. The lowest BCUT2D eigenvalue weighted by Crippen LogP contribution is -1.88. The second kappa shape index (κ2) is 8.55. The first kappa shape index (κ1) is 17.3. The first-order valence-corrected chi connectivity index (χ1v) is 7.25. The molecule has 2 aromatic rings. The normalized spacial score (nSPS) is 12.2. The summed E-state index contributed by atoms with van der Waals surface area (Å²) in [6.07, 6.45) is 6.97. The van der Waals surface area contributed by atoms with Gasteiger partial charge in [-0.15, -0.1) is 0 Å². The van der Waals surface area contributed by atoms with Crippen LogP contribution in [0.3, 0.4) is 0 Å². The van der Waals surface area contributed by atoms with Gasteiger partial charge in [0, 0.05) is 6.08 Å². The number of methoxy groups -OCH3 is 1. The van der Waals surface area contributed by atoms with Crippen LogP contribution in [0.25, 0.3) is 12.2 Å². The van der Waals surface area contributed by atoms with Crippen LogP contribution in [-0.4, -0.2) is 23.1 Å². The monoisotopic (exact) mass is 326 g/mol. The molecule has 24 heavy (non-hydrogen) atoms. The number of hydrogen-bond donors (Lipinski definition) is 2. The number of carbonyl (C=O) groups is 1. The zero-order valence-corrected chi connectivity index (χ0v) is 13.2. The molecule has 1 aromatic carbocycles. The molecular formula is C19H18O5. The molecule has 0 spiro atoms. The van der Waals surface area contributed by atoms with Crippen molar-refractivity contribution < 1.29 is 24.2 Å². The van der Waals surface area contributed by atoms with E-state index in [-0.39, 0.29) is 18.1 Å². The number of benzene rings is 1. The average Bonchev–Trinajstić information content (AvgIpc) is 3.07. The van der Waals surface area contributed by atoms with Crippen molar-refractivity contribution >= 4 is 17.9 Å². The molecule has 0 atom stereocenters. The van der Waals surface area contributed by atoms with E-state index in [1.807, 2.05) is 12.1 Å². The molecule has 124 valence electrons. The first-order chi connectivity index (χ1) is 11.6. The van der Waals surface area contributed by atoms with Crippen LogP contribution in [-0.2, 0) is 11.4 Å². The fraction of sp³-hybridized carbons (Fsp3) is 0.105. The van der Waals surface area contributed by atoms with E-state index in [0.29, 0.717) is 11.5 Å². The predicted molar refractivity (Wildman–Crippen MR) is 91.4 cm³/mol. The quantitative estimate of drug-likeness (QED) is 0.462. The molecule has 0 radical (unpaired) electrons. The van der Waals surface area contributed by atoms with Gasteiger partial charge in [0.25, 0.3) is 0 Å². The zero-order chi connectivity index (χ0) is 17.4. The van der Waals surface area contributed by atoms with Crippen LogP contribution >= 0.6 is 0 Å². The second-order valence-corrected chi connectivity index (χ2v) is 4.87. The molecule has 0 aliphatic heterocycles. The molecule has 1 heterocycles. The van der Waals surface area contributed by atoms with Gasteiger partial charge < -0.3 is 19.4 Å². The summed E-state index contributed by atoms with van der Waals surface area (Å²) in [5, 5.41) is 18.6. The maximum absolute atomic E-state index is 11.7. The average molecular weight is 326 g/mol. The topological polar surface area (TPSA) is 79.9 Å². The minimum atomic E-state index is -0.381. The van der Waals surface area contributed by atoms with Gasteiger partial charge in [0.05, 0.1) is 7.11 Å². The summed E-state index contributed by atoms with van der Waals surface area (Å²) in [5.74, 6) is 1.08. The highest BCUT2D eigenvalue weighted by atomic mass is 16.5. The summed E-state index contributed by atoms with van der Waals surface area (Å²) >= 11 is 0. The van der Waals surface area contributed by atoms with Crippen molar-refractivity contribution in [2.24, 2.45) is 0 Å². The van der Waals surface area contributed by atoms with Crippen molar-refractivity contribution in [3.63, 3.8) is 0 Å². The van der Waals surface area contributed by atoms with Gasteiger partial charge in [0.15, 0.2) is 5.78 Å². The Labute approximate surface area is 139 Å². The molecule has 0 unspecified atom stereocenters. The third kappa shape index (κ3) is 5.30. The van der Waals surface area contributed by atoms with Gasteiger partial charge in [-0.3, -0.25) is 4.79 Å². The van der Waals surface area contributed by atoms with Crippen LogP contribution in [0.2, 0.25) is 0 Å². The lowest BCUT2D eigenvalue weighted by Gasteiger charge is -1.98. The Bertz CT molecular complexity index is 763. The number of hydrogen-bond acceptors (Lipinski definition) is 5. The van der Waals surface area contributed by atoms with E-state index in [9.17, 15) is 9.90 Å². The van der Waals surface area contributed by atoms with Crippen LogP contribution < -0.4 is 4.74 Å². The van der Waals surface area contributed by atoms with E-state index in [1.165, 1.54) is 18.2 Å². The van der Waals surface area contributed by atoms with Gasteiger partial charge in [0.1, 0.15) is 29.6 Å². The van der Waals surface area contributed by atoms with E-state index < -0.39 is 0 Å². The highest BCUT2D eigenvalue weighted by Gasteiger charge is 1.99. The van der Waals surface area contributed by atoms with Crippen molar-refractivity contribution in [3.05, 3.63) is 77.5 Å². The van der Waals surface area contributed by atoms with Gasteiger partial charge in [-0.1, -0.05) is 18.2 Å². The molecule has 0 aliphatic carbocycles. The Morgan fingerprint density at radius 2 is 1.88 bits per heavy atom. The summed E-state index contributed by atoms with van der Waals surface area (Å²) in [6, 6.07) is 10.5. The summed E-state index contributed by atoms with van der Waals surface area (Å²) < 4.78 is 10.3. The third-order valence-electron chi connectivity index (χ3n) is 3.10. The van der Waals surface area contributed by atoms with Crippen LogP contribution in [0.15, 0.2) is 64.8 Å². The maximum atomic E-state index is 11.7. The van der Waals surface area contributed by atoms with E-state index in [4.69, 9.17) is 14.3 Å². The smallest absolute Gasteiger partial charge is 0.182 e. The SMILES string of the molecule is COc1ccc(/C=C/C(O)=C/C(=O)/C=C/c2ccc(CO)o2)cc1. The first-order valence-electron chi connectivity index (χ1n) is 7.25. The summed E-state index contributed by atoms with van der Waals surface area (Å²) in [4.78, 5) is 11.7. The Morgan fingerprint density at radius 3 is 2.50 bits per heavy atom. The van der Waals surface area contributed by atoms with Crippen molar-refractivity contribution in [2.75, 3.05) is 7.11 Å². The lowest BCUT2D eigenvalue weighted by atomic mass is 10.2. The highest BCUT2D eigenvalue weighted by molar-refractivity contribution is 6.02. The second-order valence-electron chi connectivity index (χ2n) is 4.87. The van der Waals surface area contributed by atoms with Crippen molar-refractivity contribution in [1.82, 2.24) is 0 Å². The highest BCUT2D eigenvalue weighted by Crippen LogP contribution is 2.13. The van der Waals surface area contributed by atoms with Crippen molar-refractivity contribution in [3.8, 4) is 5.75 Å². The van der Waals surface area contributed by atoms with E-state index in [0.717, 1.165) is 17.4 Å². The molecule has 0 fully saturated rings. The molecule has 2 rings (SSSR count). The molecule has 1 aromatic heterocycles. The van der Waals surface area contributed by atoms with Gasteiger partial charge in [-0.05, 0) is 48.1 Å².